The highest BCUT2D eigenvalue weighted by Crippen LogP contribution is 2.35. The molecule has 1 amide bonds. The largest absolute Gasteiger partial charge is 0.465 e. The number of carbonyl (C=O) groups is 2. The zero-order valence-electron chi connectivity index (χ0n) is 20.3. The van der Waals surface area contributed by atoms with E-state index >= 15 is 0 Å². The molecule has 6 N–H and O–H groups in total. The Morgan fingerprint density at radius 1 is 1.22 bits per heavy atom. The van der Waals surface area contributed by atoms with Gasteiger partial charge in [0.05, 0.1) is 17.8 Å². The van der Waals surface area contributed by atoms with Gasteiger partial charge in [-0.3, -0.25) is 4.79 Å². The molecule has 1 saturated heterocycles. The molecule has 3 atom stereocenters. The van der Waals surface area contributed by atoms with Gasteiger partial charge in [0.2, 0.25) is 12.2 Å². The molecule has 3 aromatic rings. The first-order valence-corrected chi connectivity index (χ1v) is 13.0. The molecule has 198 valence electrons. The van der Waals surface area contributed by atoms with E-state index < -0.39 is 33.1 Å². The Hall–Kier alpha value is -3.21. The molecule has 0 bridgehead atoms. The Labute approximate surface area is 214 Å². The van der Waals surface area contributed by atoms with Crippen molar-refractivity contribution in [2.75, 3.05) is 18.9 Å². The fourth-order valence-electron chi connectivity index (χ4n) is 4.22. The minimum Gasteiger partial charge on any atom is -0.465 e. The molecular formula is C25H30N3O8P. The average molecular weight is 532 g/mol. The van der Waals surface area contributed by atoms with Crippen LogP contribution in [0.3, 0.4) is 0 Å². The van der Waals surface area contributed by atoms with Gasteiger partial charge in [0, 0.05) is 49.1 Å². The lowest BCUT2D eigenvalue weighted by Gasteiger charge is -2.34. The molecule has 4 rings (SSSR count). The van der Waals surface area contributed by atoms with E-state index in [2.05, 4.69) is 10.3 Å². The first kappa shape index (κ1) is 26.8. The van der Waals surface area contributed by atoms with E-state index in [1.165, 1.54) is 6.92 Å². The number of hydrogen-bond acceptors (Lipinski definition) is 9. The number of amides is 1. The van der Waals surface area contributed by atoms with Gasteiger partial charge in [0.15, 0.2) is 0 Å². The second-order valence-corrected chi connectivity index (χ2v) is 9.41. The third-order valence-corrected chi connectivity index (χ3v) is 6.41. The molecule has 1 fully saturated rings. The van der Waals surface area contributed by atoms with Crippen LogP contribution in [0.25, 0.3) is 10.9 Å². The number of para-hydroxylation sites is 1. The molecule has 2 aromatic carbocycles. The van der Waals surface area contributed by atoms with Crippen molar-refractivity contribution < 1.29 is 38.1 Å². The second-order valence-electron chi connectivity index (χ2n) is 8.70. The van der Waals surface area contributed by atoms with Crippen LogP contribution in [0.5, 0.6) is 5.75 Å². The SMILES string of the molecule is CC(=O)NCCc1c[nH]c2ccc(OC3CC(OP(O)O)CC(COC(=O)c4ccccc4N)O3)cc12. The van der Waals surface area contributed by atoms with Gasteiger partial charge < -0.3 is 44.6 Å². The molecule has 1 aliphatic heterocycles. The van der Waals surface area contributed by atoms with Crippen molar-refractivity contribution in [3.05, 3.63) is 59.8 Å². The Morgan fingerprint density at radius 3 is 2.78 bits per heavy atom. The van der Waals surface area contributed by atoms with E-state index in [4.69, 9.17) is 24.5 Å². The van der Waals surface area contributed by atoms with Crippen LogP contribution in [0.4, 0.5) is 5.69 Å². The van der Waals surface area contributed by atoms with E-state index in [0.29, 0.717) is 24.4 Å². The highest BCUT2D eigenvalue weighted by atomic mass is 31.2. The van der Waals surface area contributed by atoms with Crippen LogP contribution in [-0.2, 0) is 25.2 Å². The highest BCUT2D eigenvalue weighted by Gasteiger charge is 2.34. The monoisotopic (exact) mass is 531 g/mol. The summed E-state index contributed by atoms with van der Waals surface area (Å²) >= 11 is 0. The van der Waals surface area contributed by atoms with E-state index in [9.17, 15) is 19.4 Å². The van der Waals surface area contributed by atoms with Crippen LogP contribution in [-0.4, -0.2) is 58.3 Å². The lowest BCUT2D eigenvalue weighted by molar-refractivity contribution is -0.181. The summed E-state index contributed by atoms with van der Waals surface area (Å²) in [5.41, 5.74) is 8.36. The summed E-state index contributed by atoms with van der Waals surface area (Å²) in [5, 5.41) is 3.74. The maximum Gasteiger partial charge on any atom is 0.340 e. The Bertz CT molecular complexity index is 1230. The summed E-state index contributed by atoms with van der Waals surface area (Å²) in [5.74, 6) is -0.128. The maximum absolute atomic E-state index is 12.5. The number of H-pyrrole nitrogens is 1. The summed E-state index contributed by atoms with van der Waals surface area (Å²) in [7, 11) is -2.58. The van der Waals surface area contributed by atoms with Crippen molar-refractivity contribution >= 4 is 37.1 Å². The van der Waals surface area contributed by atoms with Crippen molar-refractivity contribution in [1.82, 2.24) is 10.3 Å². The number of anilines is 1. The van der Waals surface area contributed by atoms with Gasteiger partial charge in [-0.1, -0.05) is 12.1 Å². The molecule has 2 heterocycles. The summed E-state index contributed by atoms with van der Waals surface area (Å²) in [6.07, 6.45) is 1.11. The number of rotatable bonds is 10. The van der Waals surface area contributed by atoms with E-state index in [1.54, 1.807) is 30.3 Å². The summed E-state index contributed by atoms with van der Waals surface area (Å²) in [6, 6.07) is 12.1. The molecule has 1 aromatic heterocycles. The third kappa shape index (κ3) is 7.41. The van der Waals surface area contributed by atoms with Gasteiger partial charge >= 0.3 is 14.6 Å². The second kappa shape index (κ2) is 12.4. The summed E-state index contributed by atoms with van der Waals surface area (Å²) in [6.45, 7) is 1.90. The minimum atomic E-state index is -2.58. The lowest BCUT2D eigenvalue weighted by Crippen LogP contribution is -2.41. The summed E-state index contributed by atoms with van der Waals surface area (Å²) < 4.78 is 22.8. The number of nitrogens with two attached hydrogens (primary N) is 1. The van der Waals surface area contributed by atoms with Crippen LogP contribution in [0.15, 0.2) is 48.7 Å². The normalized spacial score (nSPS) is 19.6. The van der Waals surface area contributed by atoms with Crippen molar-refractivity contribution in [2.45, 2.75) is 44.7 Å². The van der Waals surface area contributed by atoms with E-state index in [1.807, 2.05) is 18.3 Å². The van der Waals surface area contributed by atoms with Crippen molar-refractivity contribution in [1.29, 1.82) is 0 Å². The first-order valence-electron chi connectivity index (χ1n) is 11.8. The van der Waals surface area contributed by atoms with Crippen molar-refractivity contribution in [2.24, 2.45) is 0 Å². The van der Waals surface area contributed by atoms with Gasteiger partial charge in [0.25, 0.3) is 0 Å². The number of esters is 1. The van der Waals surface area contributed by atoms with Crippen molar-refractivity contribution in [3.63, 3.8) is 0 Å². The lowest BCUT2D eigenvalue weighted by atomic mass is 10.1. The Morgan fingerprint density at radius 2 is 2.03 bits per heavy atom. The van der Waals surface area contributed by atoms with E-state index in [0.717, 1.165) is 16.5 Å². The van der Waals surface area contributed by atoms with Crippen LogP contribution >= 0.6 is 8.60 Å². The molecule has 12 heteroatoms. The topological polar surface area (TPSA) is 165 Å². The first-order chi connectivity index (χ1) is 17.8. The molecule has 37 heavy (non-hydrogen) atoms. The molecule has 0 saturated carbocycles. The van der Waals surface area contributed by atoms with Crippen LogP contribution in [0.1, 0.15) is 35.7 Å². The van der Waals surface area contributed by atoms with Gasteiger partial charge in [-0.15, -0.1) is 0 Å². The number of fused-ring (bicyclic) bond motifs is 1. The van der Waals surface area contributed by atoms with Gasteiger partial charge in [0.1, 0.15) is 12.4 Å². The quantitative estimate of drug-likeness (QED) is 0.150. The molecule has 0 radical (unpaired) electrons. The highest BCUT2D eigenvalue weighted by molar-refractivity contribution is 7.39. The standard InChI is InChI=1S/C25H30N3O8P/c1-15(29)27-9-8-16-13-28-23-7-6-17(11-21(16)23)34-24-12-18(36-37(31)32)10-19(35-24)14-33-25(30)20-4-2-3-5-22(20)26/h2-7,11,13,18-19,24,28,31-32H,8-10,12,14,26H2,1H3,(H,27,29). The van der Waals surface area contributed by atoms with Gasteiger partial charge in [-0.2, -0.15) is 0 Å². The van der Waals surface area contributed by atoms with Crippen LogP contribution in [0.2, 0.25) is 0 Å². The smallest absolute Gasteiger partial charge is 0.340 e. The number of benzene rings is 2. The predicted octanol–water partition coefficient (Wildman–Crippen LogP) is 2.77. The Balaban J connectivity index is 1.42. The van der Waals surface area contributed by atoms with Gasteiger partial charge in [-0.05, 0) is 42.3 Å². The fourth-order valence-corrected chi connectivity index (χ4v) is 4.66. The van der Waals surface area contributed by atoms with E-state index in [-0.39, 0.29) is 30.9 Å². The molecule has 0 aliphatic carbocycles. The number of nitrogens with one attached hydrogen (secondary N) is 2. The van der Waals surface area contributed by atoms with Gasteiger partial charge in [-0.25, -0.2) is 4.79 Å². The number of hydrogen-bond donors (Lipinski definition) is 5. The molecule has 0 spiro atoms. The molecule has 1 aliphatic rings. The van der Waals surface area contributed by atoms with Crippen molar-refractivity contribution in [3.8, 4) is 5.75 Å². The average Bonchev–Trinajstić information content (AvgIpc) is 3.24. The number of carbonyl (C=O) groups excluding carboxylic acids is 2. The number of aromatic nitrogens is 1. The molecule has 11 nitrogen and oxygen atoms in total. The molecular weight excluding hydrogens is 501 g/mol. The number of ether oxygens (including phenoxy) is 3. The number of nitrogen functional groups attached to an aromatic ring is 1. The Kier molecular flexibility index (Phi) is 8.96. The number of aromatic amines is 1. The molecule has 3 unspecified atom stereocenters. The zero-order valence-corrected chi connectivity index (χ0v) is 21.1. The van der Waals surface area contributed by atoms with Crippen LogP contribution < -0.4 is 15.8 Å². The zero-order chi connectivity index (χ0) is 26.4. The fraction of sp³-hybridized carbons (Fsp3) is 0.360. The minimum absolute atomic E-state index is 0.0861. The maximum atomic E-state index is 12.5. The predicted molar refractivity (Wildman–Crippen MR) is 137 cm³/mol. The van der Waals surface area contributed by atoms with Crippen LogP contribution in [0, 0.1) is 0 Å². The third-order valence-electron chi connectivity index (χ3n) is 5.92. The summed E-state index contributed by atoms with van der Waals surface area (Å²) in [4.78, 5) is 45.6.